The molecule has 0 radical (unpaired) electrons. The molecule has 21 heavy (non-hydrogen) atoms. The number of rotatable bonds is 5. The van der Waals surface area contributed by atoms with Crippen LogP contribution in [0.3, 0.4) is 0 Å². The molecule has 0 fully saturated rings. The molecule has 1 aromatic carbocycles. The maximum atomic E-state index is 13.4. The lowest BCUT2D eigenvalue weighted by atomic mass is 10.2. The molecule has 0 spiro atoms. The summed E-state index contributed by atoms with van der Waals surface area (Å²) < 4.78 is 41.1. The van der Waals surface area contributed by atoms with Crippen LogP contribution in [-0.4, -0.2) is 20.4 Å². The van der Waals surface area contributed by atoms with Gasteiger partial charge in [-0.1, -0.05) is 6.07 Å². The molecular weight excluding hydrogens is 361 g/mol. The Morgan fingerprint density at radius 1 is 1.33 bits per heavy atom. The summed E-state index contributed by atoms with van der Waals surface area (Å²) in [5.41, 5.74) is 0.471. The lowest BCUT2D eigenvalue weighted by Crippen LogP contribution is -2.18. The fraction of sp³-hybridized carbons (Fsp3) is 0.154. The van der Waals surface area contributed by atoms with E-state index in [2.05, 4.69) is 31.0 Å². The largest absolute Gasteiger partial charge is 0.316 e. The highest BCUT2D eigenvalue weighted by molar-refractivity contribution is 9.10. The third-order valence-electron chi connectivity index (χ3n) is 2.68. The van der Waals surface area contributed by atoms with Crippen molar-refractivity contribution >= 4 is 31.8 Å². The van der Waals surface area contributed by atoms with Crippen LogP contribution in [0.1, 0.15) is 5.56 Å². The molecule has 0 aliphatic heterocycles. The summed E-state index contributed by atoms with van der Waals surface area (Å²) in [7, 11) is -2.25. The fourth-order valence-corrected chi connectivity index (χ4v) is 3.52. The van der Waals surface area contributed by atoms with Crippen molar-refractivity contribution in [2.24, 2.45) is 0 Å². The third-order valence-corrected chi connectivity index (χ3v) is 4.74. The van der Waals surface area contributed by atoms with Crippen LogP contribution in [0.15, 0.2) is 45.9 Å². The van der Waals surface area contributed by atoms with E-state index < -0.39 is 15.8 Å². The Morgan fingerprint density at radius 2 is 2.10 bits per heavy atom. The van der Waals surface area contributed by atoms with E-state index >= 15 is 0 Å². The van der Waals surface area contributed by atoms with E-state index in [9.17, 15) is 12.8 Å². The number of halogens is 2. The molecule has 1 aromatic heterocycles. The molecule has 0 bridgehead atoms. The lowest BCUT2D eigenvalue weighted by molar-refractivity contribution is 0.591. The number of aromatic nitrogens is 1. The Bertz CT molecular complexity index is 753. The molecule has 112 valence electrons. The highest BCUT2D eigenvalue weighted by Crippen LogP contribution is 2.24. The number of nitrogens with one attached hydrogen (secondary N) is 2. The van der Waals surface area contributed by atoms with Crippen LogP contribution in [0.4, 0.5) is 10.2 Å². The quantitative estimate of drug-likeness (QED) is 0.844. The molecule has 0 amide bonds. The SMILES string of the molecule is CNCc1ccc(F)cc1S(=O)(=O)Nc1ncccc1Br. The molecular formula is C13H13BrFN3O2S. The summed E-state index contributed by atoms with van der Waals surface area (Å²) in [5, 5.41) is 2.85. The highest BCUT2D eigenvalue weighted by Gasteiger charge is 2.20. The first-order chi connectivity index (χ1) is 9.94. The molecule has 2 N–H and O–H groups in total. The van der Waals surface area contributed by atoms with E-state index in [0.717, 1.165) is 6.07 Å². The van der Waals surface area contributed by atoms with Crippen LogP contribution in [0.25, 0.3) is 0 Å². The molecule has 0 atom stereocenters. The predicted octanol–water partition coefficient (Wildman–Crippen LogP) is 2.50. The number of nitrogens with zero attached hydrogens (tertiary/aromatic N) is 1. The minimum absolute atomic E-state index is 0.116. The second kappa shape index (κ2) is 6.50. The number of anilines is 1. The van der Waals surface area contributed by atoms with Crippen molar-refractivity contribution in [3.8, 4) is 0 Å². The van der Waals surface area contributed by atoms with Crippen molar-refractivity contribution in [3.05, 3.63) is 52.4 Å². The molecule has 2 aromatic rings. The van der Waals surface area contributed by atoms with Crippen LogP contribution in [0.2, 0.25) is 0 Å². The first kappa shape index (κ1) is 15.9. The summed E-state index contributed by atoms with van der Waals surface area (Å²) in [6, 6.07) is 6.98. The zero-order chi connectivity index (χ0) is 15.5. The van der Waals surface area contributed by atoms with Crippen molar-refractivity contribution in [2.75, 3.05) is 11.8 Å². The van der Waals surface area contributed by atoms with Crippen molar-refractivity contribution in [3.63, 3.8) is 0 Å². The van der Waals surface area contributed by atoms with E-state index in [4.69, 9.17) is 0 Å². The van der Waals surface area contributed by atoms with Crippen LogP contribution >= 0.6 is 15.9 Å². The molecule has 1 heterocycles. The topological polar surface area (TPSA) is 71.1 Å². The van der Waals surface area contributed by atoms with Crippen molar-refractivity contribution in [1.82, 2.24) is 10.3 Å². The molecule has 0 saturated heterocycles. The van der Waals surface area contributed by atoms with Gasteiger partial charge in [-0.15, -0.1) is 0 Å². The predicted molar refractivity (Wildman–Crippen MR) is 81.9 cm³/mol. The Morgan fingerprint density at radius 3 is 2.76 bits per heavy atom. The van der Waals surface area contributed by atoms with Gasteiger partial charge < -0.3 is 5.32 Å². The van der Waals surface area contributed by atoms with Gasteiger partial charge in [-0.2, -0.15) is 0 Å². The summed E-state index contributed by atoms with van der Waals surface area (Å²) in [6.07, 6.45) is 1.46. The lowest BCUT2D eigenvalue weighted by Gasteiger charge is -2.12. The van der Waals surface area contributed by atoms with Crippen LogP contribution in [0.5, 0.6) is 0 Å². The van der Waals surface area contributed by atoms with Crippen molar-refractivity contribution in [1.29, 1.82) is 0 Å². The first-order valence-corrected chi connectivity index (χ1v) is 8.28. The molecule has 0 aliphatic rings. The second-order valence-electron chi connectivity index (χ2n) is 4.22. The van der Waals surface area contributed by atoms with Gasteiger partial charge in [0, 0.05) is 12.7 Å². The van der Waals surface area contributed by atoms with Gasteiger partial charge in [-0.25, -0.2) is 17.8 Å². The van der Waals surface area contributed by atoms with E-state index in [1.807, 2.05) is 0 Å². The van der Waals surface area contributed by atoms with Gasteiger partial charge in [0.1, 0.15) is 5.82 Å². The second-order valence-corrected chi connectivity index (χ2v) is 6.73. The normalized spacial score (nSPS) is 11.4. The monoisotopic (exact) mass is 373 g/mol. The maximum Gasteiger partial charge on any atom is 0.263 e. The van der Waals surface area contributed by atoms with Gasteiger partial charge in [-0.3, -0.25) is 4.72 Å². The van der Waals surface area contributed by atoms with Gasteiger partial charge in [0.15, 0.2) is 5.82 Å². The average Bonchev–Trinajstić information content (AvgIpc) is 2.43. The zero-order valence-corrected chi connectivity index (χ0v) is 13.5. The van der Waals surface area contributed by atoms with E-state index in [1.165, 1.54) is 18.3 Å². The van der Waals surface area contributed by atoms with Gasteiger partial charge in [0.25, 0.3) is 10.0 Å². The van der Waals surface area contributed by atoms with Gasteiger partial charge >= 0.3 is 0 Å². The van der Waals surface area contributed by atoms with Crippen LogP contribution < -0.4 is 10.0 Å². The molecule has 2 rings (SSSR count). The summed E-state index contributed by atoms with van der Waals surface area (Å²) >= 11 is 3.21. The van der Waals surface area contributed by atoms with Gasteiger partial charge in [-0.05, 0) is 52.8 Å². The number of sulfonamides is 1. The smallest absolute Gasteiger partial charge is 0.263 e. The summed E-state index contributed by atoms with van der Waals surface area (Å²) in [6.45, 7) is 0.305. The van der Waals surface area contributed by atoms with E-state index in [-0.39, 0.29) is 10.7 Å². The zero-order valence-electron chi connectivity index (χ0n) is 11.1. The number of pyridine rings is 1. The maximum absolute atomic E-state index is 13.4. The standard InChI is InChI=1S/C13H13BrFN3O2S/c1-16-8-9-4-5-10(15)7-12(9)21(19,20)18-13-11(14)3-2-6-17-13/h2-7,16H,8H2,1H3,(H,17,18). The van der Waals surface area contributed by atoms with Crippen molar-refractivity contribution < 1.29 is 12.8 Å². The molecule has 8 heteroatoms. The van der Waals surface area contributed by atoms with Crippen LogP contribution in [0, 0.1) is 5.82 Å². The van der Waals surface area contributed by atoms with E-state index in [1.54, 1.807) is 19.2 Å². The summed E-state index contributed by atoms with van der Waals surface area (Å²) in [5.74, 6) is -0.465. The minimum atomic E-state index is -3.93. The third kappa shape index (κ3) is 3.78. The number of hydrogen-bond acceptors (Lipinski definition) is 4. The average molecular weight is 374 g/mol. The fourth-order valence-electron chi connectivity index (χ4n) is 1.76. The molecule has 0 saturated carbocycles. The molecule has 5 nitrogen and oxygen atoms in total. The Balaban J connectivity index is 2.44. The Labute approximate surface area is 130 Å². The van der Waals surface area contributed by atoms with Gasteiger partial charge in [0.05, 0.1) is 9.37 Å². The van der Waals surface area contributed by atoms with E-state index in [0.29, 0.717) is 16.6 Å². The number of hydrogen-bond donors (Lipinski definition) is 2. The molecule has 0 aliphatic carbocycles. The first-order valence-electron chi connectivity index (χ1n) is 6.00. The van der Waals surface area contributed by atoms with Gasteiger partial charge in [0.2, 0.25) is 0 Å². The van der Waals surface area contributed by atoms with Crippen LogP contribution in [-0.2, 0) is 16.6 Å². The minimum Gasteiger partial charge on any atom is -0.316 e. The molecule has 0 unspecified atom stereocenters. The number of benzene rings is 1. The Hall–Kier alpha value is -1.51. The van der Waals surface area contributed by atoms with Crippen molar-refractivity contribution in [2.45, 2.75) is 11.4 Å². The summed E-state index contributed by atoms with van der Waals surface area (Å²) in [4.78, 5) is 3.82. The highest BCUT2D eigenvalue weighted by atomic mass is 79.9. The Kier molecular flexibility index (Phi) is 4.92.